The van der Waals surface area contributed by atoms with Crippen LogP contribution in [0.15, 0.2) is 18.2 Å². The number of aliphatic hydroxyl groups is 1. The SMILES string of the molecule is CC1C(O)CCC1c1ccc2c(c1)OCCO2. The van der Waals surface area contributed by atoms with Crippen LogP contribution < -0.4 is 9.47 Å². The summed E-state index contributed by atoms with van der Waals surface area (Å²) in [6.07, 6.45) is 1.80. The summed E-state index contributed by atoms with van der Waals surface area (Å²) in [4.78, 5) is 0. The van der Waals surface area contributed by atoms with Crippen LogP contribution >= 0.6 is 0 Å². The number of fused-ring (bicyclic) bond motifs is 1. The van der Waals surface area contributed by atoms with Gasteiger partial charge in [0, 0.05) is 0 Å². The predicted octanol–water partition coefficient (Wildman–Crippen LogP) is 2.33. The van der Waals surface area contributed by atoms with E-state index < -0.39 is 0 Å². The monoisotopic (exact) mass is 234 g/mol. The van der Waals surface area contributed by atoms with Gasteiger partial charge in [0.25, 0.3) is 0 Å². The van der Waals surface area contributed by atoms with Crippen LogP contribution in [0, 0.1) is 5.92 Å². The van der Waals surface area contributed by atoms with Crippen LogP contribution in [0.4, 0.5) is 0 Å². The summed E-state index contributed by atoms with van der Waals surface area (Å²) in [5, 5.41) is 9.81. The van der Waals surface area contributed by atoms with Crippen molar-refractivity contribution in [3.8, 4) is 11.5 Å². The minimum Gasteiger partial charge on any atom is -0.486 e. The van der Waals surface area contributed by atoms with Gasteiger partial charge in [-0.25, -0.2) is 0 Å². The largest absolute Gasteiger partial charge is 0.486 e. The van der Waals surface area contributed by atoms with E-state index in [1.165, 1.54) is 5.56 Å². The molecule has 1 aromatic carbocycles. The Labute approximate surface area is 101 Å². The first-order chi connectivity index (χ1) is 8.25. The normalized spacial score (nSPS) is 31.5. The molecule has 0 bridgehead atoms. The minimum atomic E-state index is -0.159. The molecule has 3 unspecified atom stereocenters. The lowest BCUT2D eigenvalue weighted by Gasteiger charge is -2.22. The topological polar surface area (TPSA) is 38.7 Å². The molecule has 0 saturated heterocycles. The van der Waals surface area contributed by atoms with Crippen molar-refractivity contribution in [2.45, 2.75) is 31.8 Å². The molecule has 1 heterocycles. The molecule has 3 rings (SSSR count). The van der Waals surface area contributed by atoms with Crippen molar-refractivity contribution in [1.82, 2.24) is 0 Å². The van der Waals surface area contributed by atoms with Crippen LogP contribution in [-0.4, -0.2) is 24.4 Å². The van der Waals surface area contributed by atoms with E-state index in [0.717, 1.165) is 24.3 Å². The van der Waals surface area contributed by atoms with Gasteiger partial charge in [0.15, 0.2) is 11.5 Å². The molecule has 1 N–H and O–H groups in total. The first-order valence-corrected chi connectivity index (χ1v) is 6.33. The van der Waals surface area contributed by atoms with E-state index in [-0.39, 0.29) is 6.10 Å². The molecule has 3 nitrogen and oxygen atoms in total. The van der Waals surface area contributed by atoms with Crippen molar-refractivity contribution in [1.29, 1.82) is 0 Å². The molecule has 2 aliphatic rings. The maximum atomic E-state index is 9.81. The van der Waals surface area contributed by atoms with E-state index in [4.69, 9.17) is 9.47 Å². The molecule has 0 spiro atoms. The summed E-state index contributed by atoms with van der Waals surface area (Å²) in [7, 11) is 0. The molecule has 1 aliphatic heterocycles. The Bertz CT molecular complexity index is 416. The minimum absolute atomic E-state index is 0.159. The zero-order valence-electron chi connectivity index (χ0n) is 10.1. The molecular formula is C14H18O3. The lowest BCUT2D eigenvalue weighted by molar-refractivity contribution is 0.136. The van der Waals surface area contributed by atoms with Crippen molar-refractivity contribution < 1.29 is 14.6 Å². The Morgan fingerprint density at radius 2 is 1.88 bits per heavy atom. The molecule has 0 amide bonds. The van der Waals surface area contributed by atoms with E-state index in [1.54, 1.807) is 0 Å². The van der Waals surface area contributed by atoms with Gasteiger partial charge >= 0.3 is 0 Å². The second kappa shape index (κ2) is 4.22. The highest BCUT2D eigenvalue weighted by molar-refractivity contribution is 5.45. The molecular weight excluding hydrogens is 216 g/mol. The van der Waals surface area contributed by atoms with Gasteiger partial charge < -0.3 is 14.6 Å². The molecule has 1 fully saturated rings. The fourth-order valence-corrected chi connectivity index (χ4v) is 2.91. The highest BCUT2D eigenvalue weighted by Crippen LogP contribution is 2.42. The predicted molar refractivity (Wildman–Crippen MR) is 64.6 cm³/mol. The van der Waals surface area contributed by atoms with Crippen molar-refractivity contribution in [3.05, 3.63) is 23.8 Å². The van der Waals surface area contributed by atoms with Crippen LogP contribution in [0.3, 0.4) is 0 Å². The summed E-state index contributed by atoms with van der Waals surface area (Å²) in [5.74, 6) is 2.46. The molecule has 1 aromatic rings. The van der Waals surface area contributed by atoms with Crippen LogP contribution in [0.2, 0.25) is 0 Å². The Kier molecular flexibility index (Phi) is 2.71. The molecule has 1 saturated carbocycles. The maximum absolute atomic E-state index is 9.81. The van der Waals surface area contributed by atoms with E-state index >= 15 is 0 Å². The molecule has 0 aromatic heterocycles. The number of hydrogen-bond acceptors (Lipinski definition) is 3. The van der Waals surface area contributed by atoms with E-state index in [9.17, 15) is 5.11 Å². The molecule has 3 heteroatoms. The lowest BCUT2D eigenvalue weighted by Crippen LogP contribution is -2.17. The fourth-order valence-electron chi connectivity index (χ4n) is 2.91. The molecule has 92 valence electrons. The summed E-state index contributed by atoms with van der Waals surface area (Å²) in [5.41, 5.74) is 1.26. The van der Waals surface area contributed by atoms with Gasteiger partial charge in [0.05, 0.1) is 6.10 Å². The van der Waals surface area contributed by atoms with Crippen LogP contribution in [0.1, 0.15) is 31.2 Å². The van der Waals surface area contributed by atoms with Crippen molar-refractivity contribution >= 4 is 0 Å². The smallest absolute Gasteiger partial charge is 0.161 e. The first kappa shape index (κ1) is 10.9. The molecule has 0 radical (unpaired) electrons. The molecule has 1 aliphatic carbocycles. The third kappa shape index (κ3) is 1.89. The summed E-state index contributed by atoms with van der Waals surface area (Å²) >= 11 is 0. The lowest BCUT2D eigenvalue weighted by atomic mass is 9.89. The van der Waals surface area contributed by atoms with Gasteiger partial charge in [-0.05, 0) is 42.4 Å². The van der Waals surface area contributed by atoms with Gasteiger partial charge in [0.1, 0.15) is 13.2 Å². The Balaban J connectivity index is 1.88. The first-order valence-electron chi connectivity index (χ1n) is 6.33. The second-order valence-corrected chi connectivity index (χ2v) is 5.01. The standard InChI is InChI=1S/C14H18O3/c1-9-11(3-4-12(9)15)10-2-5-13-14(8-10)17-7-6-16-13/h2,5,8-9,11-12,15H,3-4,6-7H2,1H3. The number of benzene rings is 1. The van der Waals surface area contributed by atoms with Crippen molar-refractivity contribution in [2.75, 3.05) is 13.2 Å². The molecule has 17 heavy (non-hydrogen) atoms. The fraction of sp³-hybridized carbons (Fsp3) is 0.571. The van der Waals surface area contributed by atoms with Crippen LogP contribution in [0.25, 0.3) is 0 Å². The third-order valence-electron chi connectivity index (χ3n) is 4.01. The number of aliphatic hydroxyl groups excluding tert-OH is 1. The van der Waals surface area contributed by atoms with Gasteiger partial charge in [0.2, 0.25) is 0 Å². The average Bonchev–Trinajstić information content (AvgIpc) is 2.70. The van der Waals surface area contributed by atoms with Crippen LogP contribution in [-0.2, 0) is 0 Å². The quantitative estimate of drug-likeness (QED) is 0.810. The maximum Gasteiger partial charge on any atom is 0.161 e. The Hall–Kier alpha value is -1.22. The zero-order valence-corrected chi connectivity index (χ0v) is 10.1. The van der Waals surface area contributed by atoms with Crippen molar-refractivity contribution in [2.24, 2.45) is 5.92 Å². The zero-order chi connectivity index (χ0) is 11.8. The average molecular weight is 234 g/mol. The molecule has 3 atom stereocenters. The van der Waals surface area contributed by atoms with Gasteiger partial charge in [-0.1, -0.05) is 13.0 Å². The number of rotatable bonds is 1. The highest BCUT2D eigenvalue weighted by atomic mass is 16.6. The van der Waals surface area contributed by atoms with Gasteiger partial charge in [-0.3, -0.25) is 0 Å². The number of hydrogen-bond donors (Lipinski definition) is 1. The number of ether oxygens (including phenoxy) is 2. The Morgan fingerprint density at radius 1 is 1.12 bits per heavy atom. The summed E-state index contributed by atoms with van der Waals surface area (Å²) in [6.45, 7) is 3.38. The van der Waals surface area contributed by atoms with Crippen molar-refractivity contribution in [3.63, 3.8) is 0 Å². The highest BCUT2D eigenvalue weighted by Gasteiger charge is 2.32. The van der Waals surface area contributed by atoms with Gasteiger partial charge in [-0.15, -0.1) is 0 Å². The van der Waals surface area contributed by atoms with Gasteiger partial charge in [-0.2, -0.15) is 0 Å². The van der Waals surface area contributed by atoms with E-state index in [1.807, 2.05) is 6.07 Å². The van der Waals surface area contributed by atoms with Crippen LogP contribution in [0.5, 0.6) is 11.5 Å². The summed E-state index contributed by atoms with van der Waals surface area (Å²) < 4.78 is 11.1. The second-order valence-electron chi connectivity index (χ2n) is 5.01. The van der Waals surface area contributed by atoms with E-state index in [2.05, 4.69) is 19.1 Å². The summed E-state index contributed by atoms with van der Waals surface area (Å²) in [6, 6.07) is 6.17. The van der Waals surface area contributed by atoms with E-state index in [0.29, 0.717) is 25.0 Å². The Morgan fingerprint density at radius 3 is 2.59 bits per heavy atom. The third-order valence-corrected chi connectivity index (χ3v) is 4.01.